The highest BCUT2D eigenvalue weighted by Crippen LogP contribution is 2.38. The van der Waals surface area contributed by atoms with Crippen molar-refractivity contribution < 1.29 is 47.1 Å². The molecule has 52 heavy (non-hydrogen) atoms. The highest BCUT2D eigenvalue weighted by Gasteiger charge is 2.45. The van der Waals surface area contributed by atoms with Gasteiger partial charge in [-0.25, -0.2) is 13.6 Å². The first kappa shape index (κ1) is 41.8. The number of likely N-dealkylation sites (tertiary alicyclic amines) is 1. The summed E-state index contributed by atoms with van der Waals surface area (Å²) < 4.78 is 33.4. The summed E-state index contributed by atoms with van der Waals surface area (Å²) in [6.45, 7) is 6.20. The molecule has 288 valence electrons. The van der Waals surface area contributed by atoms with E-state index in [4.69, 9.17) is 4.74 Å². The van der Waals surface area contributed by atoms with E-state index < -0.39 is 102 Å². The van der Waals surface area contributed by atoms with Crippen molar-refractivity contribution in [3.8, 4) is 0 Å². The number of hydrogen-bond acceptors (Lipinski definition) is 8. The molecule has 1 aromatic carbocycles. The van der Waals surface area contributed by atoms with E-state index in [-0.39, 0.29) is 32.2 Å². The lowest BCUT2D eigenvalue weighted by molar-refractivity contribution is -0.144. The molecule has 16 heteroatoms. The number of ketones is 1. The van der Waals surface area contributed by atoms with Gasteiger partial charge in [0.1, 0.15) is 23.7 Å². The largest absolute Gasteiger partial charge is 0.444 e. The zero-order valence-corrected chi connectivity index (χ0v) is 30.8. The highest BCUT2D eigenvalue weighted by molar-refractivity contribution is 6.38. The third-order valence-electron chi connectivity index (χ3n) is 8.98. The Balaban J connectivity index is 1.68. The highest BCUT2D eigenvalue weighted by atomic mass is 19.3. The van der Waals surface area contributed by atoms with Gasteiger partial charge in [0.15, 0.2) is 0 Å². The number of halogens is 2. The molecular formula is C36H52F2N6O8. The average molecular weight is 735 g/mol. The number of alkyl halides is 2. The average Bonchev–Trinajstić information content (AvgIpc) is 3.57. The third kappa shape index (κ3) is 12.0. The summed E-state index contributed by atoms with van der Waals surface area (Å²) in [4.78, 5) is 94.6. The molecule has 0 aromatic heterocycles. The van der Waals surface area contributed by atoms with Gasteiger partial charge < -0.3 is 35.8 Å². The molecule has 2 fully saturated rings. The lowest BCUT2D eigenvalue weighted by Crippen LogP contribution is -2.58. The Hall–Kier alpha value is -4.63. The number of benzene rings is 1. The predicted octanol–water partition coefficient (Wildman–Crippen LogP) is 2.61. The number of carbonyl (C=O) groups excluding carboxylic acids is 7. The number of ether oxygens (including phenoxy) is 1. The Morgan fingerprint density at radius 2 is 1.60 bits per heavy atom. The summed E-state index contributed by atoms with van der Waals surface area (Å²) in [6, 6.07) is 3.93. The van der Waals surface area contributed by atoms with Gasteiger partial charge in [0, 0.05) is 33.5 Å². The van der Waals surface area contributed by atoms with Crippen molar-refractivity contribution >= 4 is 41.4 Å². The molecule has 4 N–H and O–H groups in total. The number of carbonyl (C=O) groups is 7. The number of rotatable bonds is 14. The second-order valence-electron chi connectivity index (χ2n) is 14.5. The van der Waals surface area contributed by atoms with Crippen LogP contribution in [0.15, 0.2) is 30.3 Å². The van der Waals surface area contributed by atoms with Gasteiger partial charge in [-0.2, -0.15) is 0 Å². The molecule has 1 aliphatic heterocycles. The lowest BCUT2D eigenvalue weighted by atomic mass is 9.81. The first-order valence-electron chi connectivity index (χ1n) is 17.7. The second kappa shape index (κ2) is 18.2. The van der Waals surface area contributed by atoms with Crippen LogP contribution < -0.4 is 21.3 Å². The Bertz CT molecular complexity index is 1460. The fourth-order valence-corrected chi connectivity index (χ4v) is 6.33. The molecule has 1 saturated carbocycles. The Morgan fingerprint density at radius 3 is 2.17 bits per heavy atom. The van der Waals surface area contributed by atoms with E-state index in [2.05, 4.69) is 21.3 Å². The van der Waals surface area contributed by atoms with Crippen LogP contribution in [0.25, 0.3) is 0 Å². The molecule has 4 atom stereocenters. The minimum atomic E-state index is -2.88. The van der Waals surface area contributed by atoms with Crippen molar-refractivity contribution in [1.29, 1.82) is 0 Å². The zero-order chi connectivity index (χ0) is 38.8. The van der Waals surface area contributed by atoms with Crippen LogP contribution >= 0.6 is 0 Å². The first-order valence-corrected chi connectivity index (χ1v) is 17.7. The molecule has 1 aromatic rings. The van der Waals surface area contributed by atoms with E-state index in [9.17, 15) is 42.3 Å². The van der Waals surface area contributed by atoms with Gasteiger partial charge in [-0.15, -0.1) is 0 Å². The van der Waals surface area contributed by atoms with Gasteiger partial charge in [0.2, 0.25) is 35.3 Å². The van der Waals surface area contributed by atoms with Crippen LogP contribution in [0, 0.1) is 5.92 Å². The van der Waals surface area contributed by atoms with E-state index in [0.717, 1.165) is 0 Å². The smallest absolute Gasteiger partial charge is 0.408 e. The molecule has 0 spiro atoms. The van der Waals surface area contributed by atoms with Gasteiger partial charge in [-0.3, -0.25) is 28.8 Å². The number of hydrogen-bond donors (Lipinski definition) is 4. The third-order valence-corrected chi connectivity index (χ3v) is 8.98. The van der Waals surface area contributed by atoms with Gasteiger partial charge >= 0.3 is 6.09 Å². The van der Waals surface area contributed by atoms with Crippen molar-refractivity contribution in [3.63, 3.8) is 0 Å². The van der Waals surface area contributed by atoms with Crippen LogP contribution in [-0.4, -0.2) is 108 Å². The lowest BCUT2D eigenvalue weighted by Gasteiger charge is -2.36. The number of likely N-dealkylation sites (N-methyl/N-ethyl adjacent to an activating group) is 1. The van der Waals surface area contributed by atoms with Crippen molar-refractivity contribution in [3.05, 3.63) is 35.9 Å². The van der Waals surface area contributed by atoms with E-state index in [1.165, 1.54) is 23.9 Å². The Kier molecular flexibility index (Phi) is 14.6. The van der Waals surface area contributed by atoms with Crippen molar-refractivity contribution in [1.82, 2.24) is 31.1 Å². The number of amides is 6. The monoisotopic (exact) mass is 734 g/mol. The Labute approximate surface area is 303 Å². The van der Waals surface area contributed by atoms with Crippen molar-refractivity contribution in [2.45, 2.75) is 115 Å². The van der Waals surface area contributed by atoms with Crippen LogP contribution in [0.4, 0.5) is 13.6 Å². The summed E-state index contributed by atoms with van der Waals surface area (Å²) in [7, 11) is 3.07. The van der Waals surface area contributed by atoms with Crippen LogP contribution in [0.2, 0.25) is 0 Å². The Morgan fingerprint density at radius 1 is 0.962 bits per heavy atom. The molecule has 0 bridgehead atoms. The molecule has 1 heterocycles. The first-order chi connectivity index (χ1) is 24.3. The molecule has 2 aliphatic rings. The summed E-state index contributed by atoms with van der Waals surface area (Å²) >= 11 is 0. The summed E-state index contributed by atoms with van der Waals surface area (Å²) in [5, 5.41) is 9.99. The van der Waals surface area contributed by atoms with Crippen LogP contribution in [0.1, 0.15) is 90.7 Å². The van der Waals surface area contributed by atoms with Crippen LogP contribution in [-0.2, 0) is 33.5 Å². The van der Waals surface area contributed by atoms with Gasteiger partial charge in [0.05, 0.1) is 12.6 Å². The molecule has 1 saturated heterocycles. The molecule has 3 unspecified atom stereocenters. The predicted molar refractivity (Wildman–Crippen MR) is 186 cm³/mol. The molecule has 14 nitrogen and oxygen atoms in total. The van der Waals surface area contributed by atoms with Crippen LogP contribution in [0.3, 0.4) is 0 Å². The second-order valence-corrected chi connectivity index (χ2v) is 14.5. The van der Waals surface area contributed by atoms with E-state index in [1.807, 2.05) is 0 Å². The molecular weight excluding hydrogens is 682 g/mol. The maximum Gasteiger partial charge on any atom is 0.408 e. The SMILES string of the molecule is CCCC(NC(=O)C1CCCN1C(=O)C(NC(=O)OC(C)(C)C)C1CCC(F)(F)CC1)C(=O)C(=O)NCC(=O)N[C@H](C(=O)N(C)C)c1ccccc1. The number of nitrogens with one attached hydrogen (secondary N) is 4. The van der Waals surface area contributed by atoms with Crippen LogP contribution in [0.5, 0.6) is 0 Å². The van der Waals surface area contributed by atoms with E-state index in [0.29, 0.717) is 18.4 Å². The quantitative estimate of drug-likeness (QED) is 0.210. The number of nitrogens with zero attached hydrogens (tertiary/aromatic N) is 2. The molecule has 6 amide bonds. The standard InChI is InChI=1S/C36H52F2N6O8/c1-7-12-24(29(46)31(48)39-21-26(45)41-27(32(49)43(5)6)22-13-9-8-10-14-22)40-30(47)25-15-11-20-44(25)33(50)28(42-34(51)52-35(2,3)4)23-16-18-36(37,38)19-17-23/h8-10,13-14,23-25,27-28H,7,11-12,15-21H2,1-6H3,(H,39,48)(H,40,47)(H,41,45)(H,42,51)/t24?,25?,27-,28?/m0/s1. The number of alkyl carbamates (subject to hydrolysis) is 1. The van der Waals surface area contributed by atoms with Gasteiger partial charge in [0.25, 0.3) is 5.91 Å². The summed E-state index contributed by atoms with van der Waals surface area (Å²) in [5.41, 5.74) is -0.366. The van der Waals surface area contributed by atoms with Crippen molar-refractivity contribution in [2.75, 3.05) is 27.2 Å². The summed E-state index contributed by atoms with van der Waals surface area (Å²) in [5.74, 6) is -8.07. The normalized spacial score (nSPS) is 19.0. The maximum absolute atomic E-state index is 14.0. The minimum absolute atomic E-state index is 0.0248. The molecule has 1 aliphatic carbocycles. The minimum Gasteiger partial charge on any atom is -0.444 e. The maximum atomic E-state index is 14.0. The zero-order valence-electron chi connectivity index (χ0n) is 30.8. The van der Waals surface area contributed by atoms with Crippen molar-refractivity contribution in [2.24, 2.45) is 5.92 Å². The van der Waals surface area contributed by atoms with Gasteiger partial charge in [-0.1, -0.05) is 43.7 Å². The van der Waals surface area contributed by atoms with Gasteiger partial charge in [-0.05, 0) is 64.4 Å². The fourth-order valence-electron chi connectivity index (χ4n) is 6.33. The number of Topliss-reactive ketones (excluding diaryl/α,β-unsaturated/α-hetero) is 1. The van der Waals surface area contributed by atoms with E-state index in [1.54, 1.807) is 58.0 Å². The fraction of sp³-hybridized carbons (Fsp3) is 0.639. The summed E-state index contributed by atoms with van der Waals surface area (Å²) in [6.07, 6.45) is -0.708. The molecule has 0 radical (unpaired) electrons. The van der Waals surface area contributed by atoms with E-state index >= 15 is 0 Å². The topological polar surface area (TPSA) is 183 Å². The molecule has 3 rings (SSSR count).